The summed E-state index contributed by atoms with van der Waals surface area (Å²) in [5, 5.41) is 8.68. The maximum Gasteiger partial charge on any atom is 0.417 e. The van der Waals surface area contributed by atoms with E-state index in [1.807, 2.05) is 0 Å². The van der Waals surface area contributed by atoms with Crippen LogP contribution in [0.4, 0.5) is 13.2 Å². The Bertz CT molecular complexity index is 488. The molecule has 0 saturated carbocycles. The first-order chi connectivity index (χ1) is 7.27. The minimum absolute atomic E-state index is 0.0138. The molecule has 0 bridgehead atoms. The quantitative estimate of drug-likeness (QED) is 0.581. The Balaban J connectivity index is 3.51. The number of benzene rings is 1. The highest BCUT2D eigenvalue weighted by molar-refractivity contribution is 14.1. The molecule has 0 fully saturated rings. The lowest BCUT2D eigenvalue weighted by Gasteiger charge is -2.11. The minimum Gasteiger partial charge on any atom is -0.294 e. The van der Waals surface area contributed by atoms with E-state index in [1.165, 1.54) is 29.5 Å². The van der Waals surface area contributed by atoms with Gasteiger partial charge in [0.05, 0.1) is 17.2 Å². The molecule has 0 heterocycles. The van der Waals surface area contributed by atoms with Crippen molar-refractivity contribution in [1.82, 2.24) is 0 Å². The number of hydrogen-bond acceptors (Lipinski definition) is 2. The van der Waals surface area contributed by atoms with E-state index >= 15 is 0 Å². The van der Waals surface area contributed by atoms with E-state index < -0.39 is 17.5 Å². The van der Waals surface area contributed by atoms with Crippen LogP contribution in [0.15, 0.2) is 12.1 Å². The Morgan fingerprint density at radius 2 is 2.00 bits per heavy atom. The van der Waals surface area contributed by atoms with Crippen molar-refractivity contribution in [3.8, 4) is 6.07 Å². The molecule has 0 unspecified atom stereocenters. The average Bonchev–Trinajstić information content (AvgIpc) is 2.15. The van der Waals surface area contributed by atoms with Gasteiger partial charge in [0.2, 0.25) is 0 Å². The molecule has 16 heavy (non-hydrogen) atoms. The topological polar surface area (TPSA) is 40.9 Å². The van der Waals surface area contributed by atoms with Crippen LogP contribution in [0.2, 0.25) is 0 Å². The number of alkyl halides is 3. The summed E-state index contributed by atoms with van der Waals surface area (Å²) in [5.41, 5.74) is -1.13. The maximum atomic E-state index is 12.5. The summed E-state index contributed by atoms with van der Waals surface area (Å²) in [6.07, 6.45) is -4.52. The summed E-state index contributed by atoms with van der Waals surface area (Å²) in [6.45, 7) is 1.21. The molecule has 0 N–H and O–H groups in total. The van der Waals surface area contributed by atoms with Gasteiger partial charge in [0, 0.05) is 9.13 Å². The highest BCUT2D eigenvalue weighted by Gasteiger charge is 2.34. The molecule has 2 nitrogen and oxygen atoms in total. The Morgan fingerprint density at radius 1 is 1.44 bits per heavy atom. The third-order valence-corrected chi connectivity index (χ3v) is 2.80. The van der Waals surface area contributed by atoms with Gasteiger partial charge in [-0.2, -0.15) is 18.4 Å². The van der Waals surface area contributed by atoms with Crippen LogP contribution in [0.5, 0.6) is 0 Å². The zero-order chi connectivity index (χ0) is 12.5. The van der Waals surface area contributed by atoms with Crippen molar-refractivity contribution < 1.29 is 18.0 Å². The Morgan fingerprint density at radius 3 is 2.38 bits per heavy atom. The SMILES string of the molecule is CC(=O)c1cc(I)c(C(F)(F)F)cc1C#N. The van der Waals surface area contributed by atoms with Crippen LogP contribution < -0.4 is 0 Å². The number of carbonyl (C=O) groups is 1. The maximum absolute atomic E-state index is 12.5. The van der Waals surface area contributed by atoms with Gasteiger partial charge in [0.15, 0.2) is 5.78 Å². The number of carbonyl (C=O) groups excluding carboxylic acids is 1. The summed E-state index contributed by atoms with van der Waals surface area (Å²) < 4.78 is 37.4. The molecule has 1 rings (SSSR count). The molecular formula is C10H5F3INO. The summed E-state index contributed by atoms with van der Waals surface area (Å²) in [7, 11) is 0. The van der Waals surface area contributed by atoms with Gasteiger partial charge >= 0.3 is 6.18 Å². The standard InChI is InChI=1S/C10H5F3INO/c1-5(16)7-3-9(14)8(10(11,12)13)2-6(7)4-15/h2-3H,1H3. The van der Waals surface area contributed by atoms with Gasteiger partial charge < -0.3 is 0 Å². The first-order valence-electron chi connectivity index (χ1n) is 4.09. The van der Waals surface area contributed by atoms with E-state index in [4.69, 9.17) is 5.26 Å². The predicted molar refractivity (Wildman–Crippen MR) is 58.9 cm³/mol. The van der Waals surface area contributed by atoms with E-state index in [1.54, 1.807) is 6.07 Å². The van der Waals surface area contributed by atoms with Crippen LogP contribution in [0, 0.1) is 14.9 Å². The van der Waals surface area contributed by atoms with Crippen molar-refractivity contribution in [2.45, 2.75) is 13.1 Å². The third kappa shape index (κ3) is 2.52. The summed E-state index contributed by atoms with van der Waals surface area (Å²) in [4.78, 5) is 11.1. The Labute approximate surface area is 103 Å². The van der Waals surface area contributed by atoms with Gasteiger partial charge in [-0.05, 0) is 41.6 Å². The largest absolute Gasteiger partial charge is 0.417 e. The van der Waals surface area contributed by atoms with Crippen molar-refractivity contribution in [3.05, 3.63) is 32.4 Å². The van der Waals surface area contributed by atoms with Crippen LogP contribution in [-0.4, -0.2) is 5.78 Å². The molecule has 0 radical (unpaired) electrons. The van der Waals surface area contributed by atoms with Gasteiger partial charge in [-0.25, -0.2) is 0 Å². The number of halogens is 4. The second-order valence-corrected chi connectivity index (χ2v) is 4.21. The molecule has 6 heteroatoms. The molecule has 84 valence electrons. The van der Waals surface area contributed by atoms with E-state index in [0.717, 1.165) is 6.07 Å². The molecule has 0 aromatic heterocycles. The van der Waals surface area contributed by atoms with Crippen molar-refractivity contribution >= 4 is 28.4 Å². The molecule has 0 atom stereocenters. The van der Waals surface area contributed by atoms with Crippen LogP contribution in [0.1, 0.15) is 28.4 Å². The normalized spacial score (nSPS) is 11.0. The Hall–Kier alpha value is -1.10. The van der Waals surface area contributed by atoms with Crippen molar-refractivity contribution in [2.75, 3.05) is 0 Å². The highest BCUT2D eigenvalue weighted by Crippen LogP contribution is 2.34. The van der Waals surface area contributed by atoms with E-state index in [2.05, 4.69) is 0 Å². The lowest BCUT2D eigenvalue weighted by atomic mass is 10.0. The average molecular weight is 339 g/mol. The van der Waals surface area contributed by atoms with Crippen LogP contribution in [0.3, 0.4) is 0 Å². The summed E-state index contributed by atoms with van der Waals surface area (Å²) in [6, 6.07) is 3.39. The fourth-order valence-corrected chi connectivity index (χ4v) is 1.95. The zero-order valence-electron chi connectivity index (χ0n) is 8.02. The summed E-state index contributed by atoms with van der Waals surface area (Å²) in [5.74, 6) is -0.428. The zero-order valence-corrected chi connectivity index (χ0v) is 10.2. The first kappa shape index (κ1) is 13.0. The second-order valence-electron chi connectivity index (χ2n) is 3.04. The molecule has 1 aromatic rings. The number of Topliss-reactive ketones (excluding diaryl/α,β-unsaturated/α-hetero) is 1. The van der Waals surface area contributed by atoms with Crippen molar-refractivity contribution in [1.29, 1.82) is 5.26 Å². The molecule has 0 saturated heterocycles. The molecule has 0 aliphatic rings. The Kier molecular flexibility index (Phi) is 3.57. The summed E-state index contributed by atoms with van der Waals surface area (Å²) >= 11 is 1.50. The number of ketones is 1. The highest BCUT2D eigenvalue weighted by atomic mass is 127. The van der Waals surface area contributed by atoms with Gasteiger partial charge in [-0.1, -0.05) is 0 Å². The number of rotatable bonds is 1. The fraction of sp³-hybridized carbons (Fsp3) is 0.200. The molecule has 1 aromatic carbocycles. The molecular weight excluding hydrogens is 334 g/mol. The molecule has 0 amide bonds. The third-order valence-electron chi connectivity index (χ3n) is 1.91. The smallest absolute Gasteiger partial charge is 0.294 e. The number of nitriles is 1. The van der Waals surface area contributed by atoms with Crippen molar-refractivity contribution in [3.63, 3.8) is 0 Å². The second kappa shape index (κ2) is 4.41. The van der Waals surface area contributed by atoms with Crippen LogP contribution in [-0.2, 0) is 6.18 Å². The van der Waals surface area contributed by atoms with Gasteiger partial charge in [-0.15, -0.1) is 0 Å². The van der Waals surface area contributed by atoms with Gasteiger partial charge in [0.1, 0.15) is 0 Å². The van der Waals surface area contributed by atoms with E-state index in [-0.39, 0.29) is 14.7 Å². The predicted octanol–water partition coefficient (Wildman–Crippen LogP) is 3.38. The lowest BCUT2D eigenvalue weighted by molar-refractivity contribution is -0.138. The molecule has 0 spiro atoms. The molecule has 0 aliphatic heterocycles. The van der Waals surface area contributed by atoms with E-state index in [9.17, 15) is 18.0 Å². The van der Waals surface area contributed by atoms with Gasteiger partial charge in [-0.3, -0.25) is 4.79 Å². The molecule has 0 aliphatic carbocycles. The van der Waals surface area contributed by atoms with Crippen LogP contribution in [0.25, 0.3) is 0 Å². The lowest BCUT2D eigenvalue weighted by Crippen LogP contribution is -2.10. The number of hydrogen-bond donors (Lipinski definition) is 0. The number of nitrogens with zero attached hydrogens (tertiary/aromatic N) is 1. The van der Waals surface area contributed by atoms with Crippen LogP contribution >= 0.6 is 22.6 Å². The first-order valence-corrected chi connectivity index (χ1v) is 5.17. The fourth-order valence-electron chi connectivity index (χ4n) is 1.17. The minimum atomic E-state index is -4.52. The van der Waals surface area contributed by atoms with Crippen molar-refractivity contribution in [2.24, 2.45) is 0 Å². The monoisotopic (exact) mass is 339 g/mol. The van der Waals surface area contributed by atoms with E-state index in [0.29, 0.717) is 6.07 Å². The van der Waals surface area contributed by atoms with Gasteiger partial charge in [0.25, 0.3) is 0 Å².